The summed E-state index contributed by atoms with van der Waals surface area (Å²) in [5, 5.41) is 3.37. The average molecular weight is 195 g/mol. The third kappa shape index (κ3) is 1.98. The number of likely N-dealkylation sites (tertiary alicyclic amines) is 1. The van der Waals surface area contributed by atoms with Gasteiger partial charge in [-0.3, -0.25) is 4.90 Å². The number of hydrogen-bond acceptors (Lipinski definition) is 4. The van der Waals surface area contributed by atoms with Crippen molar-refractivity contribution in [1.82, 2.24) is 15.1 Å². The van der Waals surface area contributed by atoms with Gasteiger partial charge >= 0.3 is 0 Å². The second kappa shape index (κ2) is 4.60. The van der Waals surface area contributed by atoms with Crippen LogP contribution in [-0.4, -0.2) is 54.6 Å². The normalized spacial score (nSPS) is 28.9. The van der Waals surface area contributed by atoms with Gasteiger partial charge in [0.25, 0.3) is 0 Å². The second-order valence-electron chi connectivity index (χ2n) is 3.91. The van der Waals surface area contributed by atoms with Gasteiger partial charge in [0.1, 0.15) is 5.94 Å². The zero-order valence-corrected chi connectivity index (χ0v) is 8.41. The minimum atomic E-state index is 0.368. The van der Waals surface area contributed by atoms with Crippen LogP contribution in [0.1, 0.15) is 12.8 Å². The highest BCUT2D eigenvalue weighted by atomic mass is 16.1. The molecule has 2 aliphatic heterocycles. The van der Waals surface area contributed by atoms with Gasteiger partial charge in [0.05, 0.1) is 12.4 Å². The van der Waals surface area contributed by atoms with Crippen molar-refractivity contribution in [2.45, 2.75) is 19.0 Å². The Hall–Kier alpha value is -0.830. The summed E-state index contributed by atoms with van der Waals surface area (Å²) in [6, 6.07) is 0. The molecule has 0 aliphatic carbocycles. The summed E-state index contributed by atoms with van der Waals surface area (Å²) < 4.78 is 0. The largest absolute Gasteiger partial charge is 0.350 e. The monoisotopic (exact) mass is 195 g/mol. The van der Waals surface area contributed by atoms with Gasteiger partial charge in [-0.2, -0.15) is 0 Å². The molecular weight excluding hydrogens is 178 g/mol. The Morgan fingerprint density at radius 2 is 2.07 bits per heavy atom. The van der Waals surface area contributed by atoms with Crippen LogP contribution in [-0.2, 0) is 4.79 Å². The Kier molecular flexibility index (Phi) is 3.19. The number of hydrogen-bond donors (Lipinski definition) is 1. The van der Waals surface area contributed by atoms with E-state index in [4.69, 9.17) is 0 Å². The Morgan fingerprint density at radius 1 is 1.29 bits per heavy atom. The van der Waals surface area contributed by atoms with E-state index in [1.54, 1.807) is 6.20 Å². The van der Waals surface area contributed by atoms with E-state index in [-0.39, 0.29) is 0 Å². The van der Waals surface area contributed by atoms with E-state index in [1.807, 2.05) is 5.94 Å². The Bertz CT molecular complexity index is 232. The van der Waals surface area contributed by atoms with Crippen LogP contribution in [0, 0.1) is 0 Å². The summed E-state index contributed by atoms with van der Waals surface area (Å²) in [7, 11) is 0. The maximum atomic E-state index is 10.4. The molecule has 4 heteroatoms. The molecule has 0 aromatic rings. The average Bonchev–Trinajstić information content (AvgIpc) is 2.72. The zero-order chi connectivity index (χ0) is 9.80. The van der Waals surface area contributed by atoms with Gasteiger partial charge in [-0.25, -0.2) is 4.79 Å². The number of nitrogens with one attached hydrogen (secondary N) is 1. The van der Waals surface area contributed by atoms with Gasteiger partial charge in [0.15, 0.2) is 0 Å². The van der Waals surface area contributed by atoms with Crippen molar-refractivity contribution in [2.75, 3.05) is 32.7 Å². The molecule has 0 aromatic heterocycles. The summed E-state index contributed by atoms with van der Waals surface area (Å²) in [6.45, 7) is 5.15. The maximum absolute atomic E-state index is 10.4. The van der Waals surface area contributed by atoms with Crippen LogP contribution in [0.4, 0.5) is 0 Å². The fourth-order valence-electron chi connectivity index (χ4n) is 2.30. The van der Waals surface area contributed by atoms with Crippen LogP contribution in [0.15, 0.2) is 6.20 Å². The lowest BCUT2D eigenvalue weighted by Gasteiger charge is -2.40. The molecule has 0 aromatic carbocycles. The van der Waals surface area contributed by atoms with Crippen LogP contribution in [0.2, 0.25) is 0 Å². The lowest BCUT2D eigenvalue weighted by Crippen LogP contribution is -2.56. The molecule has 14 heavy (non-hydrogen) atoms. The Balaban J connectivity index is 2.01. The summed E-state index contributed by atoms with van der Waals surface area (Å²) >= 11 is 0. The lowest BCUT2D eigenvalue weighted by atomic mass is 10.3. The third-order valence-corrected chi connectivity index (χ3v) is 3.04. The Labute approximate surface area is 84.6 Å². The Morgan fingerprint density at radius 3 is 2.79 bits per heavy atom. The molecule has 0 saturated carbocycles. The standard InChI is InChI=1S/C10H17N3O/c14-8-7-13-6-3-11-9-10(13)12-4-1-2-5-12/h7,10-11H,1-6,9H2. The fraction of sp³-hybridized carbons (Fsp3) is 0.800. The minimum Gasteiger partial charge on any atom is -0.350 e. The van der Waals surface area contributed by atoms with Crippen molar-refractivity contribution in [3.8, 4) is 0 Å². The molecule has 2 fully saturated rings. The van der Waals surface area contributed by atoms with Crippen molar-refractivity contribution in [2.24, 2.45) is 0 Å². The molecule has 1 atom stereocenters. The van der Waals surface area contributed by atoms with E-state index >= 15 is 0 Å². The van der Waals surface area contributed by atoms with Crippen molar-refractivity contribution in [3.05, 3.63) is 6.20 Å². The van der Waals surface area contributed by atoms with E-state index in [9.17, 15) is 4.79 Å². The SMILES string of the molecule is O=C=CN1CCNCC1N1CCCC1. The smallest absolute Gasteiger partial charge is 0.142 e. The third-order valence-electron chi connectivity index (χ3n) is 3.04. The first kappa shape index (κ1) is 9.71. The van der Waals surface area contributed by atoms with Crippen LogP contribution in [0.5, 0.6) is 0 Å². The second-order valence-corrected chi connectivity index (χ2v) is 3.91. The molecule has 1 unspecified atom stereocenters. The summed E-state index contributed by atoms with van der Waals surface area (Å²) in [4.78, 5) is 14.9. The quantitative estimate of drug-likeness (QED) is 0.611. The molecular formula is C10H17N3O. The number of carbonyl (C=O) groups excluding carboxylic acids is 1. The predicted octanol–water partition coefficient (Wildman–Crippen LogP) is -0.341. The van der Waals surface area contributed by atoms with Crippen molar-refractivity contribution < 1.29 is 4.79 Å². The number of piperazine rings is 1. The lowest BCUT2D eigenvalue weighted by molar-refractivity contribution is 0.0778. The molecule has 2 saturated heterocycles. The highest BCUT2D eigenvalue weighted by Gasteiger charge is 2.27. The summed E-state index contributed by atoms with van der Waals surface area (Å²) in [5.74, 6) is 1.89. The molecule has 0 spiro atoms. The topological polar surface area (TPSA) is 35.6 Å². The zero-order valence-electron chi connectivity index (χ0n) is 8.41. The van der Waals surface area contributed by atoms with Crippen LogP contribution >= 0.6 is 0 Å². The van der Waals surface area contributed by atoms with Gasteiger partial charge in [0.2, 0.25) is 0 Å². The first-order valence-corrected chi connectivity index (χ1v) is 5.33. The van der Waals surface area contributed by atoms with E-state index < -0.39 is 0 Å². The van der Waals surface area contributed by atoms with Gasteiger partial charge in [-0.05, 0) is 12.8 Å². The van der Waals surface area contributed by atoms with E-state index in [0.717, 1.165) is 32.7 Å². The van der Waals surface area contributed by atoms with Crippen molar-refractivity contribution in [1.29, 1.82) is 0 Å². The molecule has 2 heterocycles. The van der Waals surface area contributed by atoms with Crippen LogP contribution in [0.3, 0.4) is 0 Å². The molecule has 0 radical (unpaired) electrons. The van der Waals surface area contributed by atoms with Gasteiger partial charge < -0.3 is 10.2 Å². The molecule has 2 rings (SSSR count). The minimum absolute atomic E-state index is 0.368. The van der Waals surface area contributed by atoms with Crippen LogP contribution < -0.4 is 5.32 Å². The molecule has 1 N–H and O–H groups in total. The highest BCUT2D eigenvalue weighted by molar-refractivity contribution is 5.44. The van der Waals surface area contributed by atoms with Gasteiger partial charge in [0, 0.05) is 32.7 Å². The summed E-state index contributed by atoms with van der Waals surface area (Å²) in [6.07, 6.45) is 4.50. The molecule has 4 nitrogen and oxygen atoms in total. The molecule has 0 amide bonds. The number of nitrogens with zero attached hydrogens (tertiary/aromatic N) is 2. The first-order chi connectivity index (χ1) is 6.92. The molecule has 0 bridgehead atoms. The van der Waals surface area contributed by atoms with E-state index in [2.05, 4.69) is 15.1 Å². The van der Waals surface area contributed by atoms with Gasteiger partial charge in [-0.1, -0.05) is 0 Å². The van der Waals surface area contributed by atoms with E-state index in [1.165, 1.54) is 12.8 Å². The van der Waals surface area contributed by atoms with Crippen LogP contribution in [0.25, 0.3) is 0 Å². The van der Waals surface area contributed by atoms with Crippen molar-refractivity contribution >= 4 is 5.94 Å². The number of rotatable bonds is 2. The van der Waals surface area contributed by atoms with E-state index in [0.29, 0.717) is 6.17 Å². The maximum Gasteiger partial charge on any atom is 0.142 e. The molecule has 2 aliphatic rings. The van der Waals surface area contributed by atoms with Gasteiger partial charge in [-0.15, -0.1) is 0 Å². The molecule has 78 valence electrons. The highest BCUT2D eigenvalue weighted by Crippen LogP contribution is 2.15. The predicted molar refractivity (Wildman–Crippen MR) is 54.4 cm³/mol. The fourth-order valence-corrected chi connectivity index (χ4v) is 2.30. The van der Waals surface area contributed by atoms with Crippen molar-refractivity contribution in [3.63, 3.8) is 0 Å². The first-order valence-electron chi connectivity index (χ1n) is 5.33. The summed E-state index contributed by atoms with van der Waals surface area (Å²) in [5.41, 5.74) is 0.